The zero-order chi connectivity index (χ0) is 18.0. The summed E-state index contributed by atoms with van der Waals surface area (Å²) < 4.78 is 74.4. The number of carbonyl (C=O) groups is 1. The van der Waals surface area contributed by atoms with Gasteiger partial charge in [-0.1, -0.05) is 0 Å². The van der Waals surface area contributed by atoms with E-state index in [0.29, 0.717) is 0 Å². The Morgan fingerprint density at radius 2 is 0.917 bits per heavy atom. The predicted molar refractivity (Wildman–Crippen MR) is 75.5 cm³/mol. The van der Waals surface area contributed by atoms with Crippen molar-refractivity contribution in [3.63, 3.8) is 0 Å². The fourth-order valence-electron chi connectivity index (χ4n) is 1.78. The molecule has 0 aliphatic heterocycles. The Morgan fingerprint density at radius 3 is 1.17 bits per heavy atom. The van der Waals surface area contributed by atoms with Crippen LogP contribution in [-0.4, -0.2) is 6.03 Å². The molecular weight excluding hydrogens is 338 g/mol. The zero-order valence-electron chi connectivity index (χ0n) is 11.8. The summed E-state index contributed by atoms with van der Waals surface area (Å²) in [5.74, 6) is 0. The minimum Gasteiger partial charge on any atom is -0.308 e. The van der Waals surface area contributed by atoms with Gasteiger partial charge in [0.25, 0.3) is 0 Å². The van der Waals surface area contributed by atoms with Gasteiger partial charge in [-0.25, -0.2) is 4.79 Å². The fourth-order valence-corrected chi connectivity index (χ4v) is 1.78. The third-order valence-corrected chi connectivity index (χ3v) is 2.94. The summed E-state index contributed by atoms with van der Waals surface area (Å²) in [4.78, 5) is 11.7. The Labute approximate surface area is 132 Å². The average molecular weight is 348 g/mol. The van der Waals surface area contributed by atoms with Crippen molar-refractivity contribution < 1.29 is 31.1 Å². The predicted octanol–water partition coefficient (Wildman–Crippen LogP) is 5.37. The van der Waals surface area contributed by atoms with Crippen LogP contribution in [0.25, 0.3) is 0 Å². The van der Waals surface area contributed by atoms with Crippen LogP contribution < -0.4 is 10.6 Å². The number of rotatable bonds is 2. The van der Waals surface area contributed by atoms with Crippen molar-refractivity contribution in [1.29, 1.82) is 0 Å². The number of hydrogen-bond donors (Lipinski definition) is 2. The van der Waals surface area contributed by atoms with Gasteiger partial charge in [-0.2, -0.15) is 26.3 Å². The first-order valence-corrected chi connectivity index (χ1v) is 6.48. The minimum absolute atomic E-state index is 0.104. The van der Waals surface area contributed by atoms with Gasteiger partial charge in [0, 0.05) is 11.4 Å². The first-order valence-electron chi connectivity index (χ1n) is 6.48. The van der Waals surface area contributed by atoms with Crippen LogP contribution in [0.5, 0.6) is 0 Å². The van der Waals surface area contributed by atoms with Crippen LogP contribution in [0, 0.1) is 0 Å². The lowest BCUT2D eigenvalue weighted by Crippen LogP contribution is -2.19. The first-order chi connectivity index (χ1) is 11.1. The van der Waals surface area contributed by atoms with Gasteiger partial charge in [0.15, 0.2) is 0 Å². The summed E-state index contributed by atoms with van der Waals surface area (Å²) in [5, 5.41) is 4.55. The molecule has 0 atom stereocenters. The lowest BCUT2D eigenvalue weighted by atomic mass is 10.2. The summed E-state index contributed by atoms with van der Waals surface area (Å²) >= 11 is 0. The van der Waals surface area contributed by atoms with E-state index in [1.807, 2.05) is 0 Å². The lowest BCUT2D eigenvalue weighted by molar-refractivity contribution is -0.138. The van der Waals surface area contributed by atoms with Crippen LogP contribution in [0.1, 0.15) is 11.1 Å². The molecule has 0 aromatic heterocycles. The number of anilines is 2. The van der Waals surface area contributed by atoms with Crippen LogP contribution in [-0.2, 0) is 12.4 Å². The number of urea groups is 1. The fraction of sp³-hybridized carbons (Fsp3) is 0.133. The van der Waals surface area contributed by atoms with Crippen molar-refractivity contribution in [3.05, 3.63) is 59.7 Å². The van der Waals surface area contributed by atoms with E-state index in [1.54, 1.807) is 0 Å². The normalized spacial score (nSPS) is 11.9. The molecule has 0 saturated heterocycles. The minimum atomic E-state index is -4.49. The van der Waals surface area contributed by atoms with E-state index in [4.69, 9.17) is 0 Å². The van der Waals surface area contributed by atoms with Crippen LogP contribution in [0.2, 0.25) is 0 Å². The second-order valence-corrected chi connectivity index (χ2v) is 4.73. The molecule has 128 valence electrons. The summed E-state index contributed by atoms with van der Waals surface area (Å²) in [5.41, 5.74) is -1.52. The van der Waals surface area contributed by atoms with E-state index < -0.39 is 29.5 Å². The van der Waals surface area contributed by atoms with E-state index in [9.17, 15) is 31.1 Å². The molecule has 2 N–H and O–H groups in total. The highest BCUT2D eigenvalue weighted by Crippen LogP contribution is 2.30. The average Bonchev–Trinajstić information content (AvgIpc) is 2.46. The molecule has 2 rings (SSSR count). The van der Waals surface area contributed by atoms with E-state index in [2.05, 4.69) is 10.6 Å². The van der Waals surface area contributed by atoms with E-state index >= 15 is 0 Å². The van der Waals surface area contributed by atoms with Gasteiger partial charge in [0.1, 0.15) is 0 Å². The molecule has 0 bridgehead atoms. The van der Waals surface area contributed by atoms with Crippen LogP contribution in [0.4, 0.5) is 42.5 Å². The van der Waals surface area contributed by atoms with Gasteiger partial charge in [-0.3, -0.25) is 0 Å². The van der Waals surface area contributed by atoms with Crippen LogP contribution >= 0.6 is 0 Å². The van der Waals surface area contributed by atoms with Gasteiger partial charge in [0.2, 0.25) is 0 Å². The maximum absolute atomic E-state index is 12.4. The monoisotopic (exact) mass is 348 g/mol. The topological polar surface area (TPSA) is 41.1 Å². The van der Waals surface area contributed by atoms with Crippen LogP contribution in [0.3, 0.4) is 0 Å². The molecule has 0 aliphatic rings. The number of nitrogens with one attached hydrogen (secondary N) is 2. The number of halogens is 6. The SMILES string of the molecule is O=C(Nc1ccc(C(F)(F)F)cc1)Nc1ccc(C(F)(F)F)cc1. The summed E-state index contributed by atoms with van der Waals surface area (Å²) in [7, 11) is 0. The Kier molecular flexibility index (Phi) is 4.72. The van der Waals surface area contributed by atoms with Crippen molar-refractivity contribution in [2.24, 2.45) is 0 Å². The quantitative estimate of drug-likeness (QED) is 0.704. The third kappa shape index (κ3) is 4.64. The molecule has 0 heterocycles. The molecule has 9 heteroatoms. The zero-order valence-corrected chi connectivity index (χ0v) is 11.8. The Morgan fingerprint density at radius 1 is 0.625 bits per heavy atom. The number of amides is 2. The Balaban J connectivity index is 1.98. The maximum Gasteiger partial charge on any atom is 0.416 e. The largest absolute Gasteiger partial charge is 0.416 e. The maximum atomic E-state index is 12.4. The van der Waals surface area contributed by atoms with E-state index in [0.717, 1.165) is 48.5 Å². The van der Waals surface area contributed by atoms with Gasteiger partial charge >= 0.3 is 18.4 Å². The molecule has 0 saturated carbocycles. The highest BCUT2D eigenvalue weighted by Gasteiger charge is 2.30. The molecule has 2 amide bonds. The van der Waals surface area contributed by atoms with Crippen molar-refractivity contribution >= 4 is 17.4 Å². The first kappa shape index (κ1) is 17.6. The van der Waals surface area contributed by atoms with Crippen LogP contribution in [0.15, 0.2) is 48.5 Å². The number of carbonyl (C=O) groups excluding carboxylic acids is 1. The molecule has 0 unspecified atom stereocenters. The van der Waals surface area contributed by atoms with E-state index in [1.165, 1.54) is 0 Å². The highest BCUT2D eigenvalue weighted by molar-refractivity contribution is 5.99. The third-order valence-electron chi connectivity index (χ3n) is 2.94. The highest BCUT2D eigenvalue weighted by atomic mass is 19.4. The second kappa shape index (κ2) is 6.42. The Hall–Kier alpha value is -2.71. The molecule has 3 nitrogen and oxygen atoms in total. The van der Waals surface area contributed by atoms with E-state index in [-0.39, 0.29) is 11.4 Å². The molecular formula is C15H10F6N2O. The molecule has 24 heavy (non-hydrogen) atoms. The molecule has 0 radical (unpaired) electrons. The van der Waals surface area contributed by atoms with Gasteiger partial charge < -0.3 is 10.6 Å². The summed E-state index contributed by atoms with van der Waals surface area (Å²) in [6.07, 6.45) is -8.97. The summed E-state index contributed by atoms with van der Waals surface area (Å²) in [6, 6.07) is 6.66. The molecule has 2 aromatic rings. The summed E-state index contributed by atoms with van der Waals surface area (Å²) in [6.45, 7) is 0. The molecule has 0 fully saturated rings. The number of hydrogen-bond acceptors (Lipinski definition) is 1. The lowest BCUT2D eigenvalue weighted by Gasteiger charge is -2.11. The van der Waals surface area contributed by atoms with Gasteiger partial charge in [-0.05, 0) is 48.5 Å². The molecule has 2 aromatic carbocycles. The Bertz CT molecular complexity index is 643. The molecule has 0 spiro atoms. The van der Waals surface area contributed by atoms with Crippen molar-refractivity contribution in [3.8, 4) is 0 Å². The second-order valence-electron chi connectivity index (χ2n) is 4.73. The van der Waals surface area contributed by atoms with Crippen molar-refractivity contribution in [2.75, 3.05) is 10.6 Å². The smallest absolute Gasteiger partial charge is 0.308 e. The number of benzene rings is 2. The van der Waals surface area contributed by atoms with Crippen molar-refractivity contribution in [2.45, 2.75) is 12.4 Å². The van der Waals surface area contributed by atoms with Gasteiger partial charge in [-0.15, -0.1) is 0 Å². The van der Waals surface area contributed by atoms with Gasteiger partial charge in [0.05, 0.1) is 11.1 Å². The molecule has 0 aliphatic carbocycles. The van der Waals surface area contributed by atoms with Crippen molar-refractivity contribution in [1.82, 2.24) is 0 Å². The number of alkyl halides is 6. The standard InChI is InChI=1S/C15H10F6N2O/c16-14(17,18)9-1-5-11(6-2-9)22-13(24)23-12-7-3-10(4-8-12)15(19,20)21/h1-8H,(H2,22,23,24).